The van der Waals surface area contributed by atoms with Crippen LogP contribution in [0.25, 0.3) is 0 Å². The Hall–Kier alpha value is -1.39. The van der Waals surface area contributed by atoms with Crippen LogP contribution in [0.5, 0.6) is 0 Å². The molecule has 1 aromatic carbocycles. The van der Waals surface area contributed by atoms with Gasteiger partial charge in [-0.3, -0.25) is 4.79 Å². The van der Waals surface area contributed by atoms with Gasteiger partial charge in [0.25, 0.3) is 5.91 Å². The van der Waals surface area contributed by atoms with Gasteiger partial charge in [0.2, 0.25) is 0 Å². The first-order valence-electron chi connectivity index (χ1n) is 7.64. The number of aliphatic hydroxyl groups excluding tert-OH is 1. The van der Waals surface area contributed by atoms with Gasteiger partial charge in [0, 0.05) is 31.4 Å². The van der Waals surface area contributed by atoms with Crippen LogP contribution in [-0.4, -0.2) is 47.3 Å². The summed E-state index contributed by atoms with van der Waals surface area (Å²) in [5.74, 6) is 0.0479. The van der Waals surface area contributed by atoms with E-state index in [1.807, 2.05) is 35.2 Å². The molecule has 1 saturated heterocycles. The van der Waals surface area contributed by atoms with Gasteiger partial charge in [-0.25, -0.2) is 0 Å². The Morgan fingerprint density at radius 3 is 2.71 bits per heavy atom. The van der Waals surface area contributed by atoms with E-state index >= 15 is 0 Å². The van der Waals surface area contributed by atoms with Gasteiger partial charge in [-0.1, -0.05) is 18.2 Å². The Kier molecular flexibility index (Phi) is 5.37. The Morgan fingerprint density at radius 2 is 2.10 bits per heavy atom. The first-order chi connectivity index (χ1) is 10.0. The monoisotopic (exact) mass is 291 g/mol. The molecular weight excluding hydrogens is 266 g/mol. The molecule has 1 amide bonds. The van der Waals surface area contributed by atoms with Crippen molar-refractivity contribution >= 4 is 5.91 Å². The fraction of sp³-hybridized carbons (Fsp3) is 0.588. The smallest absolute Gasteiger partial charge is 0.254 e. The fourth-order valence-electron chi connectivity index (χ4n) is 2.90. The van der Waals surface area contributed by atoms with Crippen molar-refractivity contribution in [2.75, 3.05) is 19.8 Å². The van der Waals surface area contributed by atoms with Crippen LogP contribution in [-0.2, 0) is 4.74 Å². The first-order valence-corrected chi connectivity index (χ1v) is 7.64. The second-order valence-electron chi connectivity index (χ2n) is 6.20. The molecule has 0 spiro atoms. The summed E-state index contributed by atoms with van der Waals surface area (Å²) in [7, 11) is 0. The van der Waals surface area contributed by atoms with E-state index in [4.69, 9.17) is 9.84 Å². The maximum absolute atomic E-state index is 12.8. The second-order valence-corrected chi connectivity index (χ2v) is 6.20. The van der Waals surface area contributed by atoms with E-state index in [1.165, 1.54) is 0 Å². The molecule has 0 aliphatic carbocycles. The molecule has 4 nitrogen and oxygen atoms in total. The Labute approximate surface area is 126 Å². The van der Waals surface area contributed by atoms with Gasteiger partial charge in [0.05, 0.1) is 5.60 Å². The molecule has 21 heavy (non-hydrogen) atoms. The number of amides is 1. The van der Waals surface area contributed by atoms with Gasteiger partial charge < -0.3 is 14.7 Å². The lowest BCUT2D eigenvalue weighted by Gasteiger charge is -2.41. The van der Waals surface area contributed by atoms with E-state index in [2.05, 4.69) is 13.8 Å². The van der Waals surface area contributed by atoms with Gasteiger partial charge in [0.1, 0.15) is 0 Å². The lowest BCUT2D eigenvalue weighted by atomic mass is 9.92. The maximum Gasteiger partial charge on any atom is 0.254 e. The van der Waals surface area contributed by atoms with Crippen molar-refractivity contribution in [2.24, 2.45) is 0 Å². The van der Waals surface area contributed by atoms with Gasteiger partial charge in [-0.15, -0.1) is 0 Å². The van der Waals surface area contributed by atoms with E-state index in [0.29, 0.717) is 25.1 Å². The minimum Gasteiger partial charge on any atom is -0.396 e. The van der Waals surface area contributed by atoms with Crippen LogP contribution in [0.3, 0.4) is 0 Å². The molecule has 0 aromatic heterocycles. The zero-order chi connectivity index (χ0) is 15.3. The minimum absolute atomic E-state index is 0.0479. The molecule has 0 bridgehead atoms. The van der Waals surface area contributed by atoms with Crippen LogP contribution in [0, 0.1) is 0 Å². The summed E-state index contributed by atoms with van der Waals surface area (Å²) in [6, 6.07) is 9.54. The Balaban J connectivity index is 2.15. The van der Waals surface area contributed by atoms with Crippen molar-refractivity contribution in [1.82, 2.24) is 4.90 Å². The summed E-state index contributed by atoms with van der Waals surface area (Å²) in [5.41, 5.74) is 0.511. The number of carbonyl (C=O) groups excluding carboxylic acids is 1. The molecule has 1 aliphatic heterocycles. The molecule has 0 unspecified atom stereocenters. The van der Waals surface area contributed by atoms with Gasteiger partial charge in [-0.05, 0) is 45.2 Å². The average molecular weight is 291 g/mol. The van der Waals surface area contributed by atoms with E-state index < -0.39 is 0 Å². The third-order valence-electron chi connectivity index (χ3n) is 3.95. The van der Waals surface area contributed by atoms with Crippen LogP contribution >= 0.6 is 0 Å². The third-order valence-corrected chi connectivity index (χ3v) is 3.95. The SMILES string of the molecule is CC1(C)C[C@H](N(CCCO)C(=O)c2ccccc2)CCO1. The van der Waals surface area contributed by atoms with Crippen LogP contribution < -0.4 is 0 Å². The van der Waals surface area contributed by atoms with Crippen LogP contribution in [0.2, 0.25) is 0 Å². The quantitative estimate of drug-likeness (QED) is 0.906. The highest BCUT2D eigenvalue weighted by Gasteiger charge is 2.34. The van der Waals surface area contributed by atoms with Crippen molar-refractivity contribution in [3.63, 3.8) is 0 Å². The van der Waals surface area contributed by atoms with Crippen molar-refractivity contribution < 1.29 is 14.6 Å². The van der Waals surface area contributed by atoms with E-state index in [-0.39, 0.29) is 24.2 Å². The topological polar surface area (TPSA) is 49.8 Å². The highest BCUT2D eigenvalue weighted by Crippen LogP contribution is 2.28. The molecule has 1 aliphatic rings. The van der Waals surface area contributed by atoms with Crippen molar-refractivity contribution in [3.05, 3.63) is 35.9 Å². The zero-order valence-electron chi connectivity index (χ0n) is 12.9. The molecule has 4 heteroatoms. The van der Waals surface area contributed by atoms with E-state index in [1.54, 1.807) is 0 Å². The van der Waals surface area contributed by atoms with E-state index in [9.17, 15) is 4.79 Å². The maximum atomic E-state index is 12.8. The number of rotatable bonds is 5. The lowest BCUT2D eigenvalue weighted by Crippen LogP contribution is -2.49. The van der Waals surface area contributed by atoms with Gasteiger partial charge >= 0.3 is 0 Å². The van der Waals surface area contributed by atoms with Gasteiger partial charge in [-0.2, -0.15) is 0 Å². The summed E-state index contributed by atoms with van der Waals surface area (Å²) >= 11 is 0. The number of aliphatic hydroxyl groups is 1. The Morgan fingerprint density at radius 1 is 1.38 bits per heavy atom. The molecule has 0 radical (unpaired) electrons. The highest BCUT2D eigenvalue weighted by atomic mass is 16.5. The molecule has 1 atom stereocenters. The predicted molar refractivity (Wildman–Crippen MR) is 82.2 cm³/mol. The second kappa shape index (κ2) is 7.05. The van der Waals surface area contributed by atoms with E-state index in [0.717, 1.165) is 12.8 Å². The molecule has 116 valence electrons. The number of benzene rings is 1. The normalized spacial score (nSPS) is 21.0. The summed E-state index contributed by atoms with van der Waals surface area (Å²) in [5, 5.41) is 9.11. The van der Waals surface area contributed by atoms with Crippen molar-refractivity contribution in [1.29, 1.82) is 0 Å². The highest BCUT2D eigenvalue weighted by molar-refractivity contribution is 5.94. The average Bonchev–Trinajstić information content (AvgIpc) is 2.47. The van der Waals surface area contributed by atoms with Crippen LogP contribution in [0.15, 0.2) is 30.3 Å². The van der Waals surface area contributed by atoms with Crippen molar-refractivity contribution in [2.45, 2.75) is 44.8 Å². The molecule has 1 aromatic rings. The van der Waals surface area contributed by atoms with Gasteiger partial charge in [0.15, 0.2) is 0 Å². The zero-order valence-corrected chi connectivity index (χ0v) is 12.9. The summed E-state index contributed by atoms with van der Waals surface area (Å²) < 4.78 is 5.75. The Bertz CT molecular complexity index is 458. The number of carbonyl (C=O) groups is 1. The first kappa shape index (κ1) is 16.0. The molecule has 1 heterocycles. The molecule has 0 saturated carbocycles. The van der Waals surface area contributed by atoms with Crippen LogP contribution in [0.1, 0.15) is 43.5 Å². The number of ether oxygens (including phenoxy) is 1. The lowest BCUT2D eigenvalue weighted by molar-refractivity contribution is -0.0785. The van der Waals surface area contributed by atoms with Crippen LogP contribution in [0.4, 0.5) is 0 Å². The minimum atomic E-state index is -0.197. The third kappa shape index (κ3) is 4.29. The predicted octanol–water partition coefficient (Wildman–Crippen LogP) is 2.47. The number of nitrogens with zero attached hydrogens (tertiary/aromatic N) is 1. The summed E-state index contributed by atoms with van der Waals surface area (Å²) in [6.45, 7) is 5.50. The molecule has 1 fully saturated rings. The summed E-state index contributed by atoms with van der Waals surface area (Å²) in [6.07, 6.45) is 2.29. The fourth-order valence-corrected chi connectivity index (χ4v) is 2.90. The van der Waals surface area contributed by atoms with Crippen molar-refractivity contribution in [3.8, 4) is 0 Å². The molecule has 1 N–H and O–H groups in total. The number of hydrogen-bond acceptors (Lipinski definition) is 3. The standard InChI is InChI=1S/C17H25NO3/c1-17(2)13-15(9-12-21-17)18(10-6-11-19)16(20)14-7-4-3-5-8-14/h3-5,7-8,15,19H,6,9-13H2,1-2H3/t15-/m1/s1. The molecule has 2 rings (SSSR count). The largest absolute Gasteiger partial charge is 0.396 e. The summed E-state index contributed by atoms with van der Waals surface area (Å²) in [4.78, 5) is 14.7. The number of hydrogen-bond donors (Lipinski definition) is 1. The molecular formula is C17H25NO3.